The van der Waals surface area contributed by atoms with E-state index in [1.165, 1.54) is 96.3 Å². The lowest BCUT2D eigenvalue weighted by Crippen LogP contribution is -2.30. The van der Waals surface area contributed by atoms with Crippen LogP contribution in [0.2, 0.25) is 0 Å². The minimum absolute atomic E-state index is 0.170. The molecule has 0 saturated carbocycles. The van der Waals surface area contributed by atoms with Crippen molar-refractivity contribution in [1.82, 2.24) is 0 Å². The molecule has 0 aliphatic heterocycles. The van der Waals surface area contributed by atoms with E-state index in [-0.39, 0.29) is 25.9 Å². The number of aliphatic hydroxyl groups is 1. The highest BCUT2D eigenvalue weighted by Crippen LogP contribution is 2.43. The first kappa shape index (κ1) is 62.0. The number of hydrogen-bond acceptors (Lipinski definition) is 10. The van der Waals surface area contributed by atoms with Crippen molar-refractivity contribution in [3.8, 4) is 0 Å². The molecule has 3 atom stereocenters. The number of carbonyl (C=O) groups is 3. The van der Waals surface area contributed by atoms with E-state index < -0.39 is 57.8 Å². The van der Waals surface area contributed by atoms with Crippen molar-refractivity contribution in [3.05, 3.63) is 24.3 Å². The van der Waals surface area contributed by atoms with Gasteiger partial charge in [0.1, 0.15) is 12.7 Å². The summed E-state index contributed by atoms with van der Waals surface area (Å²) in [4.78, 5) is 48.2. The summed E-state index contributed by atoms with van der Waals surface area (Å²) in [6.45, 7) is 4.58. The number of unbranched alkanes of at least 4 members (excludes halogenated alkanes) is 28. The summed E-state index contributed by atoms with van der Waals surface area (Å²) in [7, 11) is -4.73. The van der Waals surface area contributed by atoms with Crippen LogP contribution in [0.4, 0.5) is 0 Å². The molecule has 2 N–H and O–H groups in total. The maximum Gasteiger partial charge on any atom is 0.472 e. The number of ether oxygens (including phenoxy) is 3. The first-order valence-electron chi connectivity index (χ1n) is 26.2. The molecule has 0 saturated heterocycles. The first-order valence-corrected chi connectivity index (χ1v) is 27.7. The molecule has 0 spiro atoms. The van der Waals surface area contributed by atoms with Gasteiger partial charge in [-0.1, -0.05) is 193 Å². The maximum atomic E-state index is 12.8. The molecule has 0 aromatic carbocycles. The third kappa shape index (κ3) is 45.1. The molecule has 64 heavy (non-hydrogen) atoms. The van der Waals surface area contributed by atoms with Crippen molar-refractivity contribution in [2.75, 3.05) is 26.4 Å². The van der Waals surface area contributed by atoms with Crippen LogP contribution in [0.25, 0.3) is 0 Å². The van der Waals surface area contributed by atoms with Crippen LogP contribution in [0, 0.1) is 0 Å². The average molecular weight is 929 g/mol. The van der Waals surface area contributed by atoms with Gasteiger partial charge in [0.25, 0.3) is 0 Å². The van der Waals surface area contributed by atoms with Crippen LogP contribution in [0.1, 0.15) is 252 Å². The van der Waals surface area contributed by atoms with Crippen LogP contribution in [-0.4, -0.2) is 66.5 Å². The van der Waals surface area contributed by atoms with Crippen LogP contribution in [0.5, 0.6) is 0 Å². The zero-order valence-electron chi connectivity index (χ0n) is 41.3. The van der Waals surface area contributed by atoms with Gasteiger partial charge in [0.05, 0.1) is 19.8 Å². The number of rotatable bonds is 49. The molecule has 0 amide bonds. The number of allylic oxidation sites excluding steroid dienone is 4. The van der Waals surface area contributed by atoms with Crippen molar-refractivity contribution >= 4 is 25.7 Å². The standard InChI is InChI=1S/C52H97O11P/c1-4-7-10-13-16-19-22-24-27-29-32-35-38-41-50(54)59-45-49(63-52(56)43-40-37-34-31-28-25-23-20-17-14-11-8-5-2)47-61-64(57,58)60-46-48(44-53)62-51(55)42-39-36-33-30-26-21-18-15-12-9-6-3/h15,18-19,22,48-49,53H,4-14,16-17,20-21,23-47H2,1-3H3,(H,57,58)/b18-15-,22-19-. The molecular weight excluding hydrogens is 832 g/mol. The molecular formula is C52H97O11P. The number of phosphoric ester groups is 1. The second-order valence-electron chi connectivity index (χ2n) is 17.7. The predicted octanol–water partition coefficient (Wildman–Crippen LogP) is 14.7. The Kier molecular flexibility index (Phi) is 45.9. The molecule has 0 aliphatic rings. The largest absolute Gasteiger partial charge is 0.472 e. The Morgan fingerprint density at radius 2 is 0.734 bits per heavy atom. The quantitative estimate of drug-likeness (QED) is 0.0197. The second-order valence-corrected chi connectivity index (χ2v) is 19.1. The molecule has 376 valence electrons. The van der Waals surface area contributed by atoms with E-state index in [0.717, 1.165) is 96.3 Å². The number of aliphatic hydroxyl groups excluding tert-OH is 1. The van der Waals surface area contributed by atoms with Gasteiger partial charge >= 0.3 is 25.7 Å². The molecule has 11 nitrogen and oxygen atoms in total. The van der Waals surface area contributed by atoms with Crippen LogP contribution >= 0.6 is 7.82 Å². The molecule has 0 aliphatic carbocycles. The SMILES string of the molecule is CCCC/C=C\CCCCCCCC(=O)OC(CO)COP(=O)(O)OCC(COC(=O)CCCCCCC/C=C\CCCCCC)OC(=O)CCCCCCCCCCCCCCC. The van der Waals surface area contributed by atoms with Crippen LogP contribution < -0.4 is 0 Å². The molecule has 0 aromatic heterocycles. The summed E-state index contributed by atoms with van der Waals surface area (Å²) in [5, 5.41) is 9.75. The van der Waals surface area contributed by atoms with Gasteiger partial charge in [-0.25, -0.2) is 4.57 Å². The lowest BCUT2D eigenvalue weighted by molar-refractivity contribution is -0.161. The van der Waals surface area contributed by atoms with Gasteiger partial charge in [0.2, 0.25) is 0 Å². The summed E-state index contributed by atoms with van der Waals surface area (Å²) in [5.74, 6) is -1.47. The Hall–Kier alpha value is -2.04. The van der Waals surface area contributed by atoms with Gasteiger partial charge in [-0.2, -0.15) is 0 Å². The predicted molar refractivity (Wildman–Crippen MR) is 261 cm³/mol. The fourth-order valence-corrected chi connectivity index (χ4v) is 8.06. The Morgan fingerprint density at radius 3 is 1.14 bits per heavy atom. The summed E-state index contributed by atoms with van der Waals surface area (Å²) >= 11 is 0. The van der Waals surface area contributed by atoms with Gasteiger partial charge < -0.3 is 24.2 Å². The van der Waals surface area contributed by atoms with Crippen LogP contribution in [0.3, 0.4) is 0 Å². The number of carbonyl (C=O) groups excluding carboxylic acids is 3. The van der Waals surface area contributed by atoms with Crippen LogP contribution in [-0.2, 0) is 42.2 Å². The summed E-state index contributed by atoms with van der Waals surface area (Å²) in [6, 6.07) is 0. The average Bonchev–Trinajstić information content (AvgIpc) is 3.28. The molecule has 0 bridgehead atoms. The van der Waals surface area contributed by atoms with Gasteiger partial charge in [-0.05, 0) is 64.2 Å². The van der Waals surface area contributed by atoms with Gasteiger partial charge in [-0.3, -0.25) is 23.4 Å². The Morgan fingerprint density at radius 1 is 0.422 bits per heavy atom. The summed E-state index contributed by atoms with van der Waals surface area (Å²) in [6.07, 6.45) is 44.3. The number of phosphoric acid groups is 1. The van der Waals surface area contributed by atoms with E-state index in [9.17, 15) is 28.9 Å². The van der Waals surface area contributed by atoms with Crippen LogP contribution in [0.15, 0.2) is 24.3 Å². The molecule has 3 unspecified atom stereocenters. The van der Waals surface area contributed by atoms with Gasteiger partial charge in [0.15, 0.2) is 6.10 Å². The molecule has 0 rings (SSSR count). The smallest absolute Gasteiger partial charge is 0.462 e. The summed E-state index contributed by atoms with van der Waals surface area (Å²) in [5.41, 5.74) is 0. The molecule has 0 fully saturated rings. The van der Waals surface area contributed by atoms with E-state index in [2.05, 4.69) is 45.1 Å². The third-order valence-electron chi connectivity index (χ3n) is 11.3. The molecule has 12 heteroatoms. The van der Waals surface area contributed by atoms with E-state index in [0.29, 0.717) is 19.3 Å². The Bertz CT molecular complexity index is 1180. The van der Waals surface area contributed by atoms with Crippen molar-refractivity contribution < 1.29 is 52.2 Å². The molecule has 0 radical (unpaired) electrons. The van der Waals surface area contributed by atoms with Crippen molar-refractivity contribution in [2.24, 2.45) is 0 Å². The topological polar surface area (TPSA) is 155 Å². The summed E-state index contributed by atoms with van der Waals surface area (Å²) < 4.78 is 39.3. The zero-order valence-corrected chi connectivity index (χ0v) is 42.2. The minimum atomic E-state index is -4.73. The molecule has 0 aromatic rings. The van der Waals surface area contributed by atoms with E-state index in [1.54, 1.807) is 0 Å². The fourth-order valence-electron chi connectivity index (χ4n) is 7.27. The molecule has 0 heterocycles. The normalized spacial score (nSPS) is 13.6. The van der Waals surface area contributed by atoms with Crippen molar-refractivity contribution in [3.63, 3.8) is 0 Å². The lowest BCUT2D eigenvalue weighted by Gasteiger charge is -2.21. The van der Waals surface area contributed by atoms with E-state index >= 15 is 0 Å². The highest BCUT2D eigenvalue weighted by Gasteiger charge is 2.28. The first-order chi connectivity index (χ1) is 31.2. The van der Waals surface area contributed by atoms with Gasteiger partial charge in [0, 0.05) is 19.3 Å². The second kappa shape index (κ2) is 47.5. The van der Waals surface area contributed by atoms with E-state index in [4.69, 9.17) is 23.3 Å². The van der Waals surface area contributed by atoms with Gasteiger partial charge in [-0.15, -0.1) is 0 Å². The number of hydrogen-bond donors (Lipinski definition) is 2. The lowest BCUT2D eigenvalue weighted by atomic mass is 10.0. The highest BCUT2D eigenvalue weighted by atomic mass is 31.2. The zero-order chi connectivity index (χ0) is 47.0. The van der Waals surface area contributed by atoms with Crippen molar-refractivity contribution in [2.45, 2.75) is 264 Å². The van der Waals surface area contributed by atoms with E-state index in [1.807, 2.05) is 0 Å². The minimum Gasteiger partial charge on any atom is -0.462 e. The fraction of sp³-hybridized carbons (Fsp3) is 0.865. The Balaban J connectivity index is 4.73. The Labute approximate surface area is 391 Å². The third-order valence-corrected chi connectivity index (χ3v) is 12.3. The monoisotopic (exact) mass is 929 g/mol. The highest BCUT2D eigenvalue weighted by molar-refractivity contribution is 7.47. The number of esters is 3. The maximum absolute atomic E-state index is 12.8. The van der Waals surface area contributed by atoms with Crippen molar-refractivity contribution in [1.29, 1.82) is 0 Å².